The van der Waals surface area contributed by atoms with Crippen molar-refractivity contribution in [3.8, 4) is 0 Å². The number of nitrogens with one attached hydrogen (secondary N) is 1. The van der Waals surface area contributed by atoms with Crippen molar-refractivity contribution in [2.75, 3.05) is 6.61 Å². The molecule has 1 aromatic heterocycles. The summed E-state index contributed by atoms with van der Waals surface area (Å²) in [5, 5.41) is 16.4. The summed E-state index contributed by atoms with van der Waals surface area (Å²) in [6.45, 7) is 5.00. The first kappa shape index (κ1) is 11.2. The predicted molar refractivity (Wildman–Crippen MR) is 56.0 cm³/mol. The van der Waals surface area contributed by atoms with Gasteiger partial charge in [-0.25, -0.2) is 0 Å². The maximum absolute atomic E-state index is 8.86. The SMILES string of the molecule is CCc1nn(C)cc1CN[C@@H](C)CO. The second-order valence-electron chi connectivity index (χ2n) is 3.59. The fraction of sp³-hybridized carbons (Fsp3) is 0.700. The van der Waals surface area contributed by atoms with Gasteiger partial charge in [-0.3, -0.25) is 4.68 Å². The zero-order valence-electron chi connectivity index (χ0n) is 9.12. The van der Waals surface area contributed by atoms with Gasteiger partial charge < -0.3 is 10.4 Å². The Bertz CT molecular complexity index is 283. The van der Waals surface area contributed by atoms with Gasteiger partial charge in [-0.15, -0.1) is 0 Å². The van der Waals surface area contributed by atoms with Crippen LogP contribution in [0.25, 0.3) is 0 Å². The Labute approximate surface area is 84.9 Å². The van der Waals surface area contributed by atoms with E-state index in [-0.39, 0.29) is 12.6 Å². The van der Waals surface area contributed by atoms with Gasteiger partial charge in [-0.2, -0.15) is 5.10 Å². The van der Waals surface area contributed by atoms with Gasteiger partial charge in [0.2, 0.25) is 0 Å². The van der Waals surface area contributed by atoms with Crippen LogP contribution in [0.3, 0.4) is 0 Å². The van der Waals surface area contributed by atoms with E-state index in [2.05, 4.69) is 17.3 Å². The van der Waals surface area contributed by atoms with Crippen molar-refractivity contribution in [3.05, 3.63) is 17.5 Å². The Hall–Kier alpha value is -0.870. The molecule has 1 rings (SSSR count). The van der Waals surface area contributed by atoms with Crippen LogP contribution in [-0.2, 0) is 20.0 Å². The quantitative estimate of drug-likeness (QED) is 0.720. The number of aliphatic hydroxyl groups excluding tert-OH is 1. The Balaban J connectivity index is 2.57. The smallest absolute Gasteiger partial charge is 0.0666 e. The monoisotopic (exact) mass is 197 g/mol. The number of rotatable bonds is 5. The van der Waals surface area contributed by atoms with E-state index in [9.17, 15) is 0 Å². The summed E-state index contributed by atoms with van der Waals surface area (Å²) in [6.07, 6.45) is 2.97. The molecule has 1 aromatic rings. The molecule has 0 bridgehead atoms. The Morgan fingerprint density at radius 3 is 2.93 bits per heavy atom. The Morgan fingerprint density at radius 2 is 2.36 bits per heavy atom. The highest BCUT2D eigenvalue weighted by Crippen LogP contribution is 2.06. The summed E-state index contributed by atoms with van der Waals surface area (Å²) in [4.78, 5) is 0. The number of hydrogen-bond acceptors (Lipinski definition) is 3. The molecule has 0 spiro atoms. The van der Waals surface area contributed by atoms with Crippen LogP contribution in [0.1, 0.15) is 25.1 Å². The third-order valence-corrected chi connectivity index (χ3v) is 2.24. The molecule has 0 amide bonds. The van der Waals surface area contributed by atoms with E-state index < -0.39 is 0 Å². The van der Waals surface area contributed by atoms with Crippen LogP contribution in [0.5, 0.6) is 0 Å². The first-order chi connectivity index (χ1) is 6.67. The van der Waals surface area contributed by atoms with E-state index in [0.29, 0.717) is 0 Å². The molecular formula is C10H19N3O. The van der Waals surface area contributed by atoms with Crippen molar-refractivity contribution >= 4 is 0 Å². The molecular weight excluding hydrogens is 178 g/mol. The summed E-state index contributed by atoms with van der Waals surface area (Å²) in [6, 6.07) is 0.139. The normalized spacial score (nSPS) is 13.1. The topological polar surface area (TPSA) is 50.1 Å². The van der Waals surface area contributed by atoms with E-state index in [4.69, 9.17) is 5.11 Å². The number of aromatic nitrogens is 2. The molecule has 0 saturated carbocycles. The molecule has 0 unspecified atom stereocenters. The number of aryl methyl sites for hydroxylation is 2. The van der Waals surface area contributed by atoms with Gasteiger partial charge in [0.1, 0.15) is 0 Å². The molecule has 4 nitrogen and oxygen atoms in total. The molecule has 0 aliphatic carbocycles. The van der Waals surface area contributed by atoms with Gasteiger partial charge >= 0.3 is 0 Å². The molecule has 0 aromatic carbocycles. The highest BCUT2D eigenvalue weighted by molar-refractivity contribution is 5.16. The van der Waals surface area contributed by atoms with Crippen LogP contribution in [0.4, 0.5) is 0 Å². The summed E-state index contributed by atoms with van der Waals surface area (Å²) in [5.74, 6) is 0. The lowest BCUT2D eigenvalue weighted by Gasteiger charge is -2.09. The van der Waals surface area contributed by atoms with Gasteiger partial charge in [0.05, 0.1) is 12.3 Å². The Morgan fingerprint density at radius 1 is 1.64 bits per heavy atom. The van der Waals surface area contributed by atoms with Crippen LogP contribution in [-0.4, -0.2) is 27.5 Å². The van der Waals surface area contributed by atoms with Crippen molar-refractivity contribution in [2.45, 2.75) is 32.9 Å². The van der Waals surface area contributed by atoms with Crippen LogP contribution in [0.2, 0.25) is 0 Å². The lowest BCUT2D eigenvalue weighted by Crippen LogP contribution is -2.28. The maximum atomic E-state index is 8.86. The van der Waals surface area contributed by atoms with E-state index in [1.165, 1.54) is 5.56 Å². The molecule has 0 aliphatic heterocycles. The third-order valence-electron chi connectivity index (χ3n) is 2.24. The molecule has 1 atom stereocenters. The number of nitrogens with zero attached hydrogens (tertiary/aromatic N) is 2. The molecule has 1 heterocycles. The molecule has 0 fully saturated rings. The second kappa shape index (κ2) is 5.12. The van der Waals surface area contributed by atoms with Gasteiger partial charge in [0, 0.05) is 31.4 Å². The minimum Gasteiger partial charge on any atom is -0.395 e. The second-order valence-corrected chi connectivity index (χ2v) is 3.59. The molecule has 14 heavy (non-hydrogen) atoms. The molecule has 4 heteroatoms. The fourth-order valence-electron chi connectivity index (χ4n) is 1.38. The average molecular weight is 197 g/mol. The standard InChI is InChI=1S/C10H19N3O/c1-4-10-9(6-13(3)12-10)5-11-8(2)7-14/h6,8,11,14H,4-5,7H2,1-3H3/t8-/m0/s1. The molecule has 0 saturated heterocycles. The van der Waals surface area contributed by atoms with Crippen molar-refractivity contribution < 1.29 is 5.11 Å². The number of hydrogen-bond donors (Lipinski definition) is 2. The molecule has 80 valence electrons. The van der Waals surface area contributed by atoms with Gasteiger partial charge in [-0.05, 0) is 13.3 Å². The van der Waals surface area contributed by atoms with Crippen LogP contribution in [0, 0.1) is 0 Å². The van der Waals surface area contributed by atoms with E-state index in [1.807, 2.05) is 24.9 Å². The van der Waals surface area contributed by atoms with Gasteiger partial charge in [0.15, 0.2) is 0 Å². The summed E-state index contributed by atoms with van der Waals surface area (Å²) < 4.78 is 1.83. The van der Waals surface area contributed by atoms with Crippen LogP contribution < -0.4 is 5.32 Å². The highest BCUT2D eigenvalue weighted by Gasteiger charge is 2.06. The lowest BCUT2D eigenvalue weighted by atomic mass is 10.2. The fourth-order valence-corrected chi connectivity index (χ4v) is 1.38. The largest absolute Gasteiger partial charge is 0.395 e. The zero-order valence-corrected chi connectivity index (χ0v) is 9.12. The highest BCUT2D eigenvalue weighted by atomic mass is 16.3. The minimum atomic E-state index is 0.139. The van der Waals surface area contributed by atoms with Crippen molar-refractivity contribution in [1.29, 1.82) is 0 Å². The van der Waals surface area contributed by atoms with E-state index >= 15 is 0 Å². The lowest BCUT2D eigenvalue weighted by molar-refractivity contribution is 0.251. The van der Waals surface area contributed by atoms with Gasteiger partial charge in [0.25, 0.3) is 0 Å². The zero-order chi connectivity index (χ0) is 10.6. The summed E-state index contributed by atoms with van der Waals surface area (Å²) in [5.41, 5.74) is 2.35. The predicted octanol–water partition coefficient (Wildman–Crippen LogP) is 0.453. The number of aliphatic hydroxyl groups is 1. The molecule has 2 N–H and O–H groups in total. The van der Waals surface area contributed by atoms with Crippen molar-refractivity contribution in [3.63, 3.8) is 0 Å². The third kappa shape index (κ3) is 2.82. The Kier molecular flexibility index (Phi) is 4.10. The molecule has 0 aliphatic rings. The summed E-state index contributed by atoms with van der Waals surface area (Å²) >= 11 is 0. The first-order valence-corrected chi connectivity index (χ1v) is 5.03. The van der Waals surface area contributed by atoms with Crippen molar-refractivity contribution in [1.82, 2.24) is 15.1 Å². The van der Waals surface area contributed by atoms with Gasteiger partial charge in [-0.1, -0.05) is 6.92 Å². The van der Waals surface area contributed by atoms with E-state index in [0.717, 1.165) is 18.7 Å². The minimum absolute atomic E-state index is 0.139. The van der Waals surface area contributed by atoms with E-state index in [1.54, 1.807) is 0 Å². The molecule has 0 radical (unpaired) electrons. The maximum Gasteiger partial charge on any atom is 0.0666 e. The van der Waals surface area contributed by atoms with Crippen molar-refractivity contribution in [2.24, 2.45) is 7.05 Å². The first-order valence-electron chi connectivity index (χ1n) is 5.03. The average Bonchev–Trinajstić information content (AvgIpc) is 2.55. The van der Waals surface area contributed by atoms with Crippen LogP contribution >= 0.6 is 0 Å². The van der Waals surface area contributed by atoms with Crippen LogP contribution in [0.15, 0.2) is 6.20 Å². The summed E-state index contributed by atoms with van der Waals surface area (Å²) in [7, 11) is 1.93.